The number of carboxylic acids is 2. The van der Waals surface area contributed by atoms with Crippen LogP contribution in [0.15, 0.2) is 91.0 Å². The first kappa shape index (κ1) is 20.6. The van der Waals surface area contributed by atoms with Crippen molar-refractivity contribution in [3.8, 4) is 45.7 Å². The molecule has 0 aliphatic heterocycles. The molecule has 0 aliphatic rings. The van der Waals surface area contributed by atoms with Gasteiger partial charge in [-0.15, -0.1) is 6.42 Å². The minimum absolute atomic E-state index is 0.0101. The Morgan fingerprint density at radius 2 is 1.19 bits per heavy atom. The Kier molecular flexibility index (Phi) is 5.57. The van der Waals surface area contributed by atoms with Gasteiger partial charge in [-0.3, -0.25) is 0 Å². The smallest absolute Gasteiger partial charge is 0.337 e. The van der Waals surface area contributed by atoms with Crippen molar-refractivity contribution >= 4 is 11.9 Å². The van der Waals surface area contributed by atoms with E-state index in [0.717, 1.165) is 5.56 Å². The third-order valence-corrected chi connectivity index (χ3v) is 5.28. The second kappa shape index (κ2) is 8.63. The van der Waals surface area contributed by atoms with Gasteiger partial charge in [-0.1, -0.05) is 84.8 Å². The molecule has 4 aromatic carbocycles. The van der Waals surface area contributed by atoms with Gasteiger partial charge in [0.1, 0.15) is 0 Å². The summed E-state index contributed by atoms with van der Waals surface area (Å²) >= 11 is 0. The van der Waals surface area contributed by atoms with Gasteiger partial charge in [0, 0.05) is 16.7 Å². The van der Waals surface area contributed by atoms with E-state index in [9.17, 15) is 19.8 Å². The van der Waals surface area contributed by atoms with Crippen LogP contribution in [0.5, 0.6) is 0 Å². The SMILES string of the molecule is C#Cc1ccc(-c2cccc(C(=O)O)c2-c2ccccc2)c(-c2ccccc2)c1C(=O)O. The summed E-state index contributed by atoms with van der Waals surface area (Å²) in [5.74, 6) is 0.258. The van der Waals surface area contributed by atoms with Crippen LogP contribution in [0.3, 0.4) is 0 Å². The Bertz CT molecular complexity index is 1360. The lowest BCUT2D eigenvalue weighted by Gasteiger charge is -2.19. The average molecular weight is 418 g/mol. The molecule has 2 N–H and O–H groups in total. The van der Waals surface area contributed by atoms with Crippen LogP contribution in [0.1, 0.15) is 26.3 Å². The number of hydrogen-bond donors (Lipinski definition) is 2. The van der Waals surface area contributed by atoms with E-state index in [2.05, 4.69) is 5.92 Å². The van der Waals surface area contributed by atoms with Gasteiger partial charge in [-0.2, -0.15) is 0 Å². The van der Waals surface area contributed by atoms with E-state index in [1.165, 1.54) is 0 Å². The largest absolute Gasteiger partial charge is 0.478 e. The van der Waals surface area contributed by atoms with Gasteiger partial charge in [-0.05, 0) is 34.4 Å². The minimum atomic E-state index is -1.14. The monoisotopic (exact) mass is 418 g/mol. The van der Waals surface area contributed by atoms with Gasteiger partial charge in [0.15, 0.2) is 0 Å². The Morgan fingerprint density at radius 1 is 0.625 bits per heavy atom. The number of aromatic carboxylic acids is 2. The summed E-state index contributed by atoms with van der Waals surface area (Å²) in [5.41, 5.74) is 3.97. The molecular weight excluding hydrogens is 400 g/mol. The summed E-state index contributed by atoms with van der Waals surface area (Å²) in [7, 11) is 0. The van der Waals surface area contributed by atoms with E-state index in [1.54, 1.807) is 30.3 Å². The van der Waals surface area contributed by atoms with Gasteiger partial charge < -0.3 is 10.2 Å². The van der Waals surface area contributed by atoms with Crippen LogP contribution >= 0.6 is 0 Å². The predicted molar refractivity (Wildman–Crippen MR) is 125 cm³/mol. The Morgan fingerprint density at radius 3 is 1.72 bits per heavy atom. The van der Waals surface area contributed by atoms with Gasteiger partial charge in [0.05, 0.1) is 11.1 Å². The van der Waals surface area contributed by atoms with Crippen LogP contribution < -0.4 is 0 Å². The number of carbonyl (C=O) groups is 2. The molecule has 0 spiro atoms. The van der Waals surface area contributed by atoms with Crippen molar-refractivity contribution in [3.63, 3.8) is 0 Å². The zero-order valence-corrected chi connectivity index (χ0v) is 16.9. The molecule has 0 unspecified atom stereocenters. The van der Waals surface area contributed by atoms with E-state index < -0.39 is 11.9 Å². The van der Waals surface area contributed by atoms with Crippen LogP contribution in [0.25, 0.3) is 33.4 Å². The molecule has 154 valence electrons. The van der Waals surface area contributed by atoms with Crippen molar-refractivity contribution in [2.24, 2.45) is 0 Å². The van der Waals surface area contributed by atoms with Gasteiger partial charge >= 0.3 is 11.9 Å². The van der Waals surface area contributed by atoms with E-state index in [0.29, 0.717) is 27.8 Å². The molecule has 0 bridgehead atoms. The van der Waals surface area contributed by atoms with Crippen molar-refractivity contribution in [3.05, 3.63) is 108 Å². The summed E-state index contributed by atoms with van der Waals surface area (Å²) in [6.45, 7) is 0. The molecule has 0 atom stereocenters. The second-order valence-corrected chi connectivity index (χ2v) is 7.13. The highest BCUT2D eigenvalue weighted by atomic mass is 16.4. The maximum Gasteiger partial charge on any atom is 0.337 e. The molecule has 4 nitrogen and oxygen atoms in total. The quantitative estimate of drug-likeness (QED) is 0.386. The first-order chi connectivity index (χ1) is 15.5. The number of rotatable bonds is 5. The fourth-order valence-corrected chi connectivity index (χ4v) is 3.95. The molecule has 0 heterocycles. The summed E-state index contributed by atoms with van der Waals surface area (Å²) in [5, 5.41) is 19.9. The molecule has 0 radical (unpaired) electrons. The third kappa shape index (κ3) is 3.64. The molecule has 32 heavy (non-hydrogen) atoms. The number of carboxylic acid groups (broad SMARTS) is 2. The van der Waals surface area contributed by atoms with Gasteiger partial charge in [-0.25, -0.2) is 9.59 Å². The fourth-order valence-electron chi connectivity index (χ4n) is 3.95. The van der Waals surface area contributed by atoms with E-state index >= 15 is 0 Å². The summed E-state index contributed by atoms with van der Waals surface area (Å²) in [6, 6.07) is 26.7. The highest BCUT2D eigenvalue weighted by Gasteiger charge is 2.24. The first-order valence-electron chi connectivity index (χ1n) is 9.87. The number of benzene rings is 4. The summed E-state index contributed by atoms with van der Waals surface area (Å²) in [4.78, 5) is 24.4. The van der Waals surface area contributed by atoms with Crippen LogP contribution in [0.4, 0.5) is 0 Å². The second-order valence-electron chi connectivity index (χ2n) is 7.13. The van der Waals surface area contributed by atoms with Gasteiger partial charge in [0.25, 0.3) is 0 Å². The molecule has 0 aliphatic carbocycles. The van der Waals surface area contributed by atoms with Crippen molar-refractivity contribution < 1.29 is 19.8 Å². The zero-order valence-electron chi connectivity index (χ0n) is 16.9. The van der Waals surface area contributed by atoms with E-state index in [1.807, 2.05) is 60.7 Å². The van der Waals surface area contributed by atoms with Gasteiger partial charge in [0.2, 0.25) is 0 Å². The van der Waals surface area contributed by atoms with Crippen molar-refractivity contribution in [2.75, 3.05) is 0 Å². The Labute approximate surface area is 185 Å². The lowest BCUT2D eigenvalue weighted by Crippen LogP contribution is -2.06. The lowest BCUT2D eigenvalue weighted by atomic mass is 9.83. The molecule has 0 saturated carbocycles. The molecule has 0 fully saturated rings. The highest BCUT2D eigenvalue weighted by molar-refractivity contribution is 6.07. The third-order valence-electron chi connectivity index (χ3n) is 5.28. The molecule has 4 heteroatoms. The van der Waals surface area contributed by atoms with Crippen molar-refractivity contribution in [1.29, 1.82) is 0 Å². The highest BCUT2D eigenvalue weighted by Crippen LogP contribution is 2.42. The first-order valence-corrected chi connectivity index (χ1v) is 9.87. The minimum Gasteiger partial charge on any atom is -0.478 e. The maximum atomic E-state index is 12.3. The summed E-state index contributed by atoms with van der Waals surface area (Å²) in [6.07, 6.45) is 5.62. The normalized spacial score (nSPS) is 10.3. The summed E-state index contributed by atoms with van der Waals surface area (Å²) < 4.78 is 0. The fraction of sp³-hybridized carbons (Fsp3) is 0. The number of terminal acetylenes is 1. The van der Waals surface area contributed by atoms with Crippen LogP contribution in [-0.2, 0) is 0 Å². The molecule has 4 aromatic rings. The molecule has 0 saturated heterocycles. The predicted octanol–water partition coefficient (Wildman–Crippen LogP) is 6.07. The van der Waals surface area contributed by atoms with E-state index in [4.69, 9.17) is 6.42 Å². The zero-order chi connectivity index (χ0) is 22.7. The van der Waals surface area contributed by atoms with E-state index in [-0.39, 0.29) is 16.7 Å². The topological polar surface area (TPSA) is 74.6 Å². The standard InChI is InChI=1S/C28H18O4/c1-2-18-16-17-22(25(26(18)28(31)32)20-12-7-4-8-13-20)21-14-9-15-23(27(29)30)24(21)19-10-5-3-6-11-19/h1,3-17H,(H,29,30)(H,31,32). The Balaban J connectivity index is 2.16. The Hall–Kier alpha value is -4.62. The molecule has 0 amide bonds. The average Bonchev–Trinajstić information content (AvgIpc) is 2.83. The van der Waals surface area contributed by atoms with Crippen LogP contribution in [-0.4, -0.2) is 22.2 Å². The maximum absolute atomic E-state index is 12.3. The van der Waals surface area contributed by atoms with Crippen LogP contribution in [0.2, 0.25) is 0 Å². The lowest BCUT2D eigenvalue weighted by molar-refractivity contribution is 0.0686. The molecular formula is C28H18O4. The van der Waals surface area contributed by atoms with Crippen molar-refractivity contribution in [1.82, 2.24) is 0 Å². The van der Waals surface area contributed by atoms with Crippen molar-refractivity contribution in [2.45, 2.75) is 0 Å². The van der Waals surface area contributed by atoms with Crippen LogP contribution in [0, 0.1) is 12.3 Å². The molecule has 0 aromatic heterocycles. The number of hydrogen-bond acceptors (Lipinski definition) is 2. The molecule has 4 rings (SSSR count).